The van der Waals surface area contributed by atoms with Gasteiger partial charge in [0.2, 0.25) is 6.79 Å². The Kier molecular flexibility index (Phi) is 6.26. The highest BCUT2D eigenvalue weighted by molar-refractivity contribution is 7.92. The van der Waals surface area contributed by atoms with Crippen LogP contribution in [0.3, 0.4) is 0 Å². The van der Waals surface area contributed by atoms with Crippen molar-refractivity contribution in [2.75, 3.05) is 13.4 Å². The number of hydrogen-bond acceptors (Lipinski definition) is 8. The molecule has 1 aliphatic rings. The van der Waals surface area contributed by atoms with Crippen LogP contribution in [0.2, 0.25) is 0 Å². The van der Waals surface area contributed by atoms with E-state index in [4.69, 9.17) is 14.2 Å². The van der Waals surface area contributed by atoms with Crippen molar-refractivity contribution in [2.24, 2.45) is 4.99 Å². The summed E-state index contributed by atoms with van der Waals surface area (Å²) in [5.41, 5.74) is 0.769. The van der Waals surface area contributed by atoms with Crippen molar-refractivity contribution in [1.29, 1.82) is 0 Å². The molecule has 3 aromatic rings. The predicted molar refractivity (Wildman–Crippen MR) is 121 cm³/mol. The number of carbonyl (C=O) groups is 2. The second-order valence-electron chi connectivity index (χ2n) is 7.49. The van der Waals surface area contributed by atoms with Gasteiger partial charge in [0.1, 0.15) is 6.54 Å². The fourth-order valence-corrected chi connectivity index (χ4v) is 5.40. The summed E-state index contributed by atoms with van der Waals surface area (Å²) in [4.78, 5) is 29.7. The van der Waals surface area contributed by atoms with Crippen LogP contribution in [0.15, 0.2) is 46.3 Å². The largest absolute Gasteiger partial charge is 0.465 e. The average Bonchev–Trinajstić information content (AvgIpc) is 3.36. The lowest BCUT2D eigenvalue weighted by atomic mass is 10.2. The van der Waals surface area contributed by atoms with Gasteiger partial charge < -0.3 is 18.8 Å². The maximum Gasteiger partial charge on any atom is 0.326 e. The Hall–Kier alpha value is -3.18. The van der Waals surface area contributed by atoms with E-state index in [9.17, 15) is 18.0 Å². The van der Waals surface area contributed by atoms with Crippen LogP contribution >= 0.6 is 11.3 Å². The zero-order chi connectivity index (χ0) is 23.8. The topological polar surface area (TPSA) is 113 Å². The molecule has 0 bridgehead atoms. The number of aromatic nitrogens is 1. The smallest absolute Gasteiger partial charge is 0.326 e. The third-order valence-corrected chi connectivity index (χ3v) is 8.19. The van der Waals surface area contributed by atoms with Gasteiger partial charge in [-0.25, -0.2) is 8.42 Å². The van der Waals surface area contributed by atoms with Crippen LogP contribution in [0.1, 0.15) is 31.1 Å². The molecule has 0 spiro atoms. The van der Waals surface area contributed by atoms with Crippen LogP contribution < -0.4 is 14.3 Å². The van der Waals surface area contributed by atoms with Crippen LogP contribution in [-0.4, -0.2) is 43.5 Å². The van der Waals surface area contributed by atoms with E-state index in [2.05, 4.69) is 4.99 Å². The zero-order valence-electron chi connectivity index (χ0n) is 18.2. The van der Waals surface area contributed by atoms with E-state index < -0.39 is 27.0 Å². The highest BCUT2D eigenvalue weighted by Gasteiger charge is 2.22. The molecule has 9 nitrogen and oxygen atoms in total. The van der Waals surface area contributed by atoms with Gasteiger partial charge in [0.25, 0.3) is 5.91 Å². The van der Waals surface area contributed by atoms with Gasteiger partial charge in [-0.15, -0.1) is 0 Å². The lowest BCUT2D eigenvalue weighted by Crippen LogP contribution is -2.23. The van der Waals surface area contributed by atoms with Crippen LogP contribution in [0, 0.1) is 0 Å². The molecule has 0 saturated heterocycles. The Morgan fingerprint density at radius 3 is 2.61 bits per heavy atom. The summed E-state index contributed by atoms with van der Waals surface area (Å²) in [7, 11) is -3.55. The van der Waals surface area contributed by atoms with Crippen LogP contribution in [0.4, 0.5) is 0 Å². The highest BCUT2D eigenvalue weighted by Crippen LogP contribution is 2.37. The van der Waals surface area contributed by atoms with Crippen LogP contribution in [-0.2, 0) is 25.9 Å². The second kappa shape index (κ2) is 8.99. The predicted octanol–water partition coefficient (Wildman–Crippen LogP) is 2.92. The van der Waals surface area contributed by atoms with Crippen LogP contribution in [0.5, 0.6) is 11.5 Å². The lowest BCUT2D eigenvalue weighted by Gasteiger charge is -2.08. The minimum atomic E-state index is -3.55. The van der Waals surface area contributed by atoms with Crippen molar-refractivity contribution < 1.29 is 32.2 Å². The normalized spacial score (nSPS) is 13.6. The van der Waals surface area contributed by atoms with E-state index in [1.807, 2.05) is 0 Å². The van der Waals surface area contributed by atoms with E-state index in [1.54, 1.807) is 37.5 Å². The standard InChI is InChI=1S/C22H22N2O7S2/c1-4-29-20(25)11-24-16-9-17-18(31-12-30-17)10-19(16)32-22(24)23-21(26)14-6-5-7-15(8-14)33(27,28)13(2)3/h5-10,13H,4,11-12H2,1-3H3. The zero-order valence-corrected chi connectivity index (χ0v) is 19.9. The number of hydrogen-bond donors (Lipinski definition) is 0. The molecule has 0 N–H and O–H groups in total. The number of carbonyl (C=O) groups excluding carboxylic acids is 2. The molecule has 0 radical (unpaired) electrons. The molecule has 2 aromatic carbocycles. The number of fused-ring (bicyclic) bond motifs is 2. The Bertz CT molecular complexity index is 1420. The number of amides is 1. The summed E-state index contributed by atoms with van der Waals surface area (Å²) in [6.07, 6.45) is 0. The highest BCUT2D eigenvalue weighted by atomic mass is 32.2. The molecule has 0 atom stereocenters. The maximum absolute atomic E-state index is 13.0. The van der Waals surface area contributed by atoms with Crippen molar-refractivity contribution in [3.8, 4) is 11.5 Å². The molecule has 1 aliphatic heterocycles. The molecule has 33 heavy (non-hydrogen) atoms. The van der Waals surface area contributed by atoms with Crippen molar-refractivity contribution in [1.82, 2.24) is 4.57 Å². The van der Waals surface area contributed by atoms with Gasteiger partial charge in [0.15, 0.2) is 26.1 Å². The number of nitrogens with zero attached hydrogens (tertiary/aromatic N) is 2. The lowest BCUT2D eigenvalue weighted by molar-refractivity contribution is -0.143. The number of benzene rings is 2. The van der Waals surface area contributed by atoms with Crippen molar-refractivity contribution in [3.63, 3.8) is 0 Å². The number of sulfone groups is 1. The molecule has 11 heteroatoms. The minimum Gasteiger partial charge on any atom is -0.465 e. The average molecular weight is 491 g/mol. The van der Waals surface area contributed by atoms with Gasteiger partial charge >= 0.3 is 5.97 Å². The molecular formula is C22H22N2O7S2. The fourth-order valence-electron chi connectivity index (χ4n) is 3.26. The van der Waals surface area contributed by atoms with Crippen molar-refractivity contribution in [2.45, 2.75) is 37.5 Å². The van der Waals surface area contributed by atoms with Gasteiger partial charge in [-0.05, 0) is 39.0 Å². The van der Waals surface area contributed by atoms with Gasteiger partial charge in [0.05, 0.1) is 27.0 Å². The summed E-state index contributed by atoms with van der Waals surface area (Å²) in [6, 6.07) is 9.28. The van der Waals surface area contributed by atoms with E-state index >= 15 is 0 Å². The summed E-state index contributed by atoms with van der Waals surface area (Å²) in [5, 5.41) is -0.625. The monoisotopic (exact) mass is 490 g/mol. The minimum absolute atomic E-state index is 0.0556. The molecule has 0 aliphatic carbocycles. The molecule has 174 valence electrons. The number of rotatable bonds is 6. The van der Waals surface area contributed by atoms with Crippen LogP contribution in [0.25, 0.3) is 10.2 Å². The quantitative estimate of drug-likeness (QED) is 0.488. The molecule has 2 heterocycles. The van der Waals surface area contributed by atoms with Gasteiger partial charge in [-0.3, -0.25) is 9.59 Å². The van der Waals surface area contributed by atoms with E-state index in [1.165, 1.54) is 35.6 Å². The van der Waals surface area contributed by atoms with Crippen molar-refractivity contribution in [3.05, 3.63) is 46.8 Å². The number of esters is 1. The van der Waals surface area contributed by atoms with E-state index in [0.29, 0.717) is 17.0 Å². The molecule has 0 saturated carbocycles. The summed E-state index contributed by atoms with van der Waals surface area (Å²) < 4.78 is 43.2. The summed E-state index contributed by atoms with van der Waals surface area (Å²) in [6.45, 7) is 5.04. The third-order valence-electron chi connectivity index (χ3n) is 5.00. The summed E-state index contributed by atoms with van der Waals surface area (Å²) in [5.74, 6) is -0.00677. The second-order valence-corrected chi connectivity index (χ2v) is 11.0. The molecular weight excluding hydrogens is 468 g/mol. The first-order chi connectivity index (χ1) is 15.7. The Balaban J connectivity index is 1.81. The molecule has 4 rings (SSSR count). The first-order valence-corrected chi connectivity index (χ1v) is 12.6. The molecule has 1 amide bonds. The van der Waals surface area contributed by atoms with E-state index in [0.717, 1.165) is 4.70 Å². The number of ether oxygens (including phenoxy) is 3. The number of thiazole rings is 1. The third kappa shape index (κ3) is 4.51. The molecule has 0 unspecified atom stereocenters. The van der Waals surface area contributed by atoms with Gasteiger partial charge in [-0.2, -0.15) is 4.99 Å². The van der Waals surface area contributed by atoms with Crippen molar-refractivity contribution >= 4 is 43.3 Å². The van der Waals surface area contributed by atoms with Gasteiger partial charge in [-0.1, -0.05) is 17.4 Å². The Morgan fingerprint density at radius 1 is 1.18 bits per heavy atom. The first-order valence-electron chi connectivity index (χ1n) is 10.2. The Morgan fingerprint density at radius 2 is 1.91 bits per heavy atom. The first kappa shape index (κ1) is 23.0. The SMILES string of the molecule is CCOC(=O)Cn1c(=NC(=O)c2cccc(S(=O)(=O)C(C)C)c2)sc2cc3c(cc21)OCO3. The van der Waals surface area contributed by atoms with E-state index in [-0.39, 0.29) is 35.2 Å². The molecule has 0 fully saturated rings. The summed E-state index contributed by atoms with van der Waals surface area (Å²) >= 11 is 1.20. The van der Waals surface area contributed by atoms with Gasteiger partial charge in [0, 0.05) is 17.7 Å². The fraction of sp³-hybridized carbons (Fsp3) is 0.318. The maximum atomic E-state index is 13.0. The molecule has 1 aromatic heterocycles. The Labute approximate surface area is 194 Å².